The molecule has 1 N–H and O–H groups in total. The maximum Gasteiger partial charge on any atom is 0.193 e. The molecular weight excluding hydrogens is 332 g/mol. The first kappa shape index (κ1) is 17.7. The normalized spacial score (nSPS) is 16.1. The number of thiazole rings is 1. The largest absolute Gasteiger partial charge is 0.490 e. The summed E-state index contributed by atoms with van der Waals surface area (Å²) in [5.41, 5.74) is 1.09. The van der Waals surface area contributed by atoms with Gasteiger partial charge in [-0.15, -0.1) is 11.3 Å². The van der Waals surface area contributed by atoms with Crippen LogP contribution in [0.4, 0.5) is 0 Å². The molecule has 0 aliphatic carbocycles. The van der Waals surface area contributed by atoms with Gasteiger partial charge in [-0.2, -0.15) is 0 Å². The molecule has 25 heavy (non-hydrogen) atoms. The van der Waals surface area contributed by atoms with Crippen molar-refractivity contribution in [2.24, 2.45) is 4.99 Å². The van der Waals surface area contributed by atoms with E-state index in [0.29, 0.717) is 0 Å². The van der Waals surface area contributed by atoms with Crippen molar-refractivity contribution >= 4 is 17.3 Å². The number of hydrogen-bond donors (Lipinski definition) is 1. The second-order valence-corrected chi connectivity index (χ2v) is 7.05. The van der Waals surface area contributed by atoms with E-state index in [9.17, 15) is 0 Å². The topological polar surface area (TPSA) is 49.8 Å². The smallest absolute Gasteiger partial charge is 0.193 e. The van der Waals surface area contributed by atoms with Crippen molar-refractivity contribution in [3.8, 4) is 5.75 Å². The Balaban J connectivity index is 1.47. The summed E-state index contributed by atoms with van der Waals surface area (Å²) in [4.78, 5) is 11.3. The first-order valence-corrected chi connectivity index (χ1v) is 9.77. The summed E-state index contributed by atoms with van der Waals surface area (Å²) in [6.07, 6.45) is 3.29. The van der Waals surface area contributed by atoms with Crippen molar-refractivity contribution in [1.82, 2.24) is 15.2 Å². The van der Waals surface area contributed by atoms with E-state index in [1.165, 1.54) is 5.01 Å². The molecule has 2 heterocycles. The number of ether oxygens (including phenoxy) is 1. The van der Waals surface area contributed by atoms with Crippen molar-refractivity contribution in [1.29, 1.82) is 0 Å². The van der Waals surface area contributed by atoms with E-state index < -0.39 is 0 Å². The van der Waals surface area contributed by atoms with Crippen LogP contribution in [0.25, 0.3) is 0 Å². The van der Waals surface area contributed by atoms with Crippen LogP contribution in [-0.2, 0) is 13.0 Å². The minimum absolute atomic E-state index is 0.280. The van der Waals surface area contributed by atoms with Gasteiger partial charge in [-0.3, -0.25) is 4.99 Å². The van der Waals surface area contributed by atoms with E-state index in [1.807, 2.05) is 37.4 Å². The SMILES string of the molecule is CCc1nc(CNC(=NC)N2CCC(Oc3ccccc3)CC2)cs1. The van der Waals surface area contributed by atoms with Gasteiger partial charge in [-0.1, -0.05) is 25.1 Å². The third kappa shape index (κ3) is 4.95. The zero-order valence-electron chi connectivity index (χ0n) is 14.9. The van der Waals surface area contributed by atoms with Crippen LogP contribution in [0, 0.1) is 0 Å². The molecule has 0 spiro atoms. The predicted molar refractivity (Wildman–Crippen MR) is 103 cm³/mol. The number of para-hydroxylation sites is 1. The highest BCUT2D eigenvalue weighted by molar-refractivity contribution is 7.09. The monoisotopic (exact) mass is 358 g/mol. The number of piperidine rings is 1. The van der Waals surface area contributed by atoms with Gasteiger partial charge >= 0.3 is 0 Å². The molecule has 1 aliphatic rings. The third-order valence-corrected chi connectivity index (χ3v) is 5.37. The fourth-order valence-corrected chi connectivity index (χ4v) is 3.72. The van der Waals surface area contributed by atoms with Crippen molar-refractivity contribution in [3.63, 3.8) is 0 Å². The molecule has 5 nitrogen and oxygen atoms in total. The Labute approximate surface area is 153 Å². The maximum atomic E-state index is 6.07. The van der Waals surface area contributed by atoms with Crippen LogP contribution in [0.1, 0.15) is 30.5 Å². The number of aryl methyl sites for hydroxylation is 1. The lowest BCUT2D eigenvalue weighted by atomic mass is 10.1. The van der Waals surface area contributed by atoms with Crippen molar-refractivity contribution in [3.05, 3.63) is 46.4 Å². The van der Waals surface area contributed by atoms with E-state index in [2.05, 4.69) is 32.5 Å². The fourth-order valence-electron chi connectivity index (χ4n) is 2.97. The van der Waals surface area contributed by atoms with Gasteiger partial charge in [0.2, 0.25) is 0 Å². The van der Waals surface area contributed by atoms with Gasteiger partial charge in [0.15, 0.2) is 5.96 Å². The first-order chi connectivity index (χ1) is 12.3. The van der Waals surface area contributed by atoms with E-state index in [1.54, 1.807) is 11.3 Å². The molecule has 2 aromatic rings. The van der Waals surface area contributed by atoms with E-state index >= 15 is 0 Å². The molecular formula is C19H26N4OS. The number of aliphatic imine (C=N–C) groups is 1. The Kier molecular flexibility index (Phi) is 6.28. The minimum atomic E-state index is 0.280. The standard InChI is InChI=1S/C19H26N4OS/c1-3-18-22-15(14-25-18)13-21-19(20-2)23-11-9-17(10-12-23)24-16-7-5-4-6-8-16/h4-8,14,17H,3,9-13H2,1-2H3,(H,20,21). The summed E-state index contributed by atoms with van der Waals surface area (Å²) in [6, 6.07) is 10.1. The Morgan fingerprint density at radius 1 is 1.32 bits per heavy atom. The van der Waals surface area contributed by atoms with Gasteiger partial charge in [0.25, 0.3) is 0 Å². The van der Waals surface area contributed by atoms with Crippen LogP contribution in [0.15, 0.2) is 40.7 Å². The van der Waals surface area contributed by atoms with Gasteiger partial charge in [0.05, 0.1) is 17.2 Å². The average Bonchev–Trinajstić information content (AvgIpc) is 3.12. The summed E-state index contributed by atoms with van der Waals surface area (Å²) in [7, 11) is 1.84. The number of nitrogens with zero attached hydrogens (tertiary/aromatic N) is 3. The second-order valence-electron chi connectivity index (χ2n) is 6.10. The number of benzene rings is 1. The van der Waals surface area contributed by atoms with E-state index in [-0.39, 0.29) is 6.10 Å². The minimum Gasteiger partial charge on any atom is -0.490 e. The highest BCUT2D eigenvalue weighted by Crippen LogP contribution is 2.18. The molecule has 0 amide bonds. The summed E-state index contributed by atoms with van der Waals surface area (Å²) >= 11 is 1.72. The molecule has 1 aromatic heterocycles. The lowest BCUT2D eigenvalue weighted by Gasteiger charge is -2.34. The van der Waals surface area contributed by atoms with Gasteiger partial charge in [0, 0.05) is 38.4 Å². The molecule has 6 heteroatoms. The molecule has 0 bridgehead atoms. The third-order valence-electron chi connectivity index (χ3n) is 4.33. The molecule has 1 fully saturated rings. The zero-order valence-corrected chi connectivity index (χ0v) is 15.8. The number of rotatable bonds is 5. The molecule has 1 saturated heterocycles. The van der Waals surface area contributed by atoms with Gasteiger partial charge in [-0.25, -0.2) is 4.98 Å². The Hall–Kier alpha value is -2.08. The quantitative estimate of drug-likeness (QED) is 0.658. The second kappa shape index (κ2) is 8.85. The number of aromatic nitrogens is 1. The number of likely N-dealkylation sites (tertiary alicyclic amines) is 1. The Bertz CT molecular complexity index is 678. The number of guanidine groups is 1. The average molecular weight is 359 g/mol. The predicted octanol–water partition coefficient (Wildman–Crippen LogP) is 3.32. The van der Waals surface area contributed by atoms with Gasteiger partial charge in [0.1, 0.15) is 11.9 Å². The fraction of sp³-hybridized carbons (Fsp3) is 0.474. The van der Waals surface area contributed by atoms with Crippen LogP contribution < -0.4 is 10.1 Å². The summed E-state index contributed by atoms with van der Waals surface area (Å²) in [6.45, 7) is 4.77. The molecule has 0 atom stereocenters. The molecule has 0 saturated carbocycles. The highest BCUT2D eigenvalue weighted by atomic mass is 32.1. The lowest BCUT2D eigenvalue weighted by molar-refractivity contribution is 0.129. The summed E-state index contributed by atoms with van der Waals surface area (Å²) in [5, 5.41) is 6.75. The highest BCUT2D eigenvalue weighted by Gasteiger charge is 2.22. The van der Waals surface area contributed by atoms with Crippen LogP contribution in [0.2, 0.25) is 0 Å². The number of hydrogen-bond acceptors (Lipinski definition) is 4. The molecule has 134 valence electrons. The Morgan fingerprint density at radius 2 is 2.08 bits per heavy atom. The maximum absolute atomic E-state index is 6.07. The van der Waals surface area contributed by atoms with Crippen LogP contribution >= 0.6 is 11.3 Å². The van der Waals surface area contributed by atoms with Crippen LogP contribution in [0.5, 0.6) is 5.75 Å². The zero-order chi connectivity index (χ0) is 17.5. The molecule has 1 aliphatic heterocycles. The lowest BCUT2D eigenvalue weighted by Crippen LogP contribution is -2.47. The van der Waals surface area contributed by atoms with Crippen molar-refractivity contribution < 1.29 is 4.74 Å². The summed E-state index contributed by atoms with van der Waals surface area (Å²) < 4.78 is 6.07. The number of nitrogens with one attached hydrogen (secondary N) is 1. The van der Waals surface area contributed by atoms with Crippen molar-refractivity contribution in [2.45, 2.75) is 38.8 Å². The van der Waals surface area contributed by atoms with E-state index in [4.69, 9.17) is 4.74 Å². The Morgan fingerprint density at radius 3 is 2.72 bits per heavy atom. The summed E-state index contributed by atoms with van der Waals surface area (Å²) in [5.74, 6) is 1.91. The molecule has 3 rings (SSSR count). The van der Waals surface area contributed by atoms with E-state index in [0.717, 1.165) is 56.3 Å². The van der Waals surface area contributed by atoms with Gasteiger partial charge in [-0.05, 0) is 18.6 Å². The van der Waals surface area contributed by atoms with Crippen molar-refractivity contribution in [2.75, 3.05) is 20.1 Å². The van der Waals surface area contributed by atoms with Gasteiger partial charge < -0.3 is 15.0 Å². The first-order valence-electron chi connectivity index (χ1n) is 8.89. The van der Waals surface area contributed by atoms with Crippen LogP contribution in [0.3, 0.4) is 0 Å². The van der Waals surface area contributed by atoms with Crippen LogP contribution in [-0.4, -0.2) is 42.1 Å². The molecule has 0 radical (unpaired) electrons. The molecule has 0 unspecified atom stereocenters. The molecule has 1 aromatic carbocycles.